The van der Waals surface area contributed by atoms with Gasteiger partial charge in [-0.05, 0) is 43.5 Å². The van der Waals surface area contributed by atoms with Crippen molar-refractivity contribution in [2.24, 2.45) is 5.73 Å². The molecule has 2 rings (SSSR count). The van der Waals surface area contributed by atoms with Gasteiger partial charge >= 0.3 is 0 Å². The molecule has 4 nitrogen and oxygen atoms in total. The standard InChI is InChI=1S/C14H22N2O2/c1-17-12-5-4-11(8-13(12)18-2)9-14(10-15)6-3-7-16-14/h4-5,8,16H,3,6-7,9-10,15H2,1-2H3. The monoisotopic (exact) mass is 250 g/mol. The third kappa shape index (κ3) is 2.60. The van der Waals surface area contributed by atoms with E-state index in [1.54, 1.807) is 14.2 Å². The Balaban J connectivity index is 2.18. The smallest absolute Gasteiger partial charge is 0.160 e. The van der Waals surface area contributed by atoms with Crippen molar-refractivity contribution < 1.29 is 9.47 Å². The minimum atomic E-state index is 0.0552. The zero-order valence-electron chi connectivity index (χ0n) is 11.2. The summed E-state index contributed by atoms with van der Waals surface area (Å²) in [4.78, 5) is 0. The molecular weight excluding hydrogens is 228 g/mol. The van der Waals surface area contributed by atoms with Crippen LogP contribution in [0, 0.1) is 0 Å². The first-order valence-corrected chi connectivity index (χ1v) is 6.39. The quantitative estimate of drug-likeness (QED) is 0.827. The van der Waals surface area contributed by atoms with Gasteiger partial charge in [0.15, 0.2) is 11.5 Å². The highest BCUT2D eigenvalue weighted by Gasteiger charge is 2.32. The Bertz CT molecular complexity index is 401. The zero-order chi connectivity index (χ0) is 13.0. The van der Waals surface area contributed by atoms with E-state index in [4.69, 9.17) is 15.2 Å². The topological polar surface area (TPSA) is 56.5 Å². The third-order valence-electron chi connectivity index (χ3n) is 3.71. The molecule has 1 aromatic carbocycles. The van der Waals surface area contributed by atoms with E-state index >= 15 is 0 Å². The van der Waals surface area contributed by atoms with Gasteiger partial charge in [-0.1, -0.05) is 6.07 Å². The van der Waals surface area contributed by atoms with Gasteiger partial charge in [-0.25, -0.2) is 0 Å². The van der Waals surface area contributed by atoms with Crippen LogP contribution in [0.25, 0.3) is 0 Å². The third-order valence-corrected chi connectivity index (χ3v) is 3.71. The molecule has 0 radical (unpaired) electrons. The lowest BCUT2D eigenvalue weighted by atomic mass is 9.89. The summed E-state index contributed by atoms with van der Waals surface area (Å²) in [6, 6.07) is 6.07. The Hall–Kier alpha value is -1.26. The van der Waals surface area contributed by atoms with Crippen molar-refractivity contribution in [3.63, 3.8) is 0 Å². The van der Waals surface area contributed by atoms with Crippen LogP contribution in [0.3, 0.4) is 0 Å². The molecule has 1 aromatic rings. The molecule has 100 valence electrons. The zero-order valence-corrected chi connectivity index (χ0v) is 11.2. The maximum atomic E-state index is 5.92. The van der Waals surface area contributed by atoms with Crippen molar-refractivity contribution in [1.82, 2.24) is 5.32 Å². The average molecular weight is 250 g/mol. The van der Waals surface area contributed by atoms with Crippen LogP contribution in [0.4, 0.5) is 0 Å². The first-order chi connectivity index (χ1) is 8.73. The highest BCUT2D eigenvalue weighted by molar-refractivity contribution is 5.43. The van der Waals surface area contributed by atoms with Gasteiger partial charge < -0.3 is 20.5 Å². The minimum absolute atomic E-state index is 0.0552. The molecule has 0 spiro atoms. The van der Waals surface area contributed by atoms with E-state index in [-0.39, 0.29) is 5.54 Å². The van der Waals surface area contributed by atoms with Crippen LogP contribution in [0.15, 0.2) is 18.2 Å². The summed E-state index contributed by atoms with van der Waals surface area (Å²) < 4.78 is 10.6. The van der Waals surface area contributed by atoms with Gasteiger partial charge in [-0.3, -0.25) is 0 Å². The lowest BCUT2D eigenvalue weighted by Gasteiger charge is -2.28. The minimum Gasteiger partial charge on any atom is -0.493 e. The predicted molar refractivity (Wildman–Crippen MR) is 72.3 cm³/mol. The fourth-order valence-corrected chi connectivity index (χ4v) is 2.65. The van der Waals surface area contributed by atoms with Gasteiger partial charge in [0.2, 0.25) is 0 Å². The van der Waals surface area contributed by atoms with Crippen LogP contribution in [0.1, 0.15) is 18.4 Å². The maximum absolute atomic E-state index is 5.92. The second-order valence-corrected chi connectivity index (χ2v) is 4.88. The van der Waals surface area contributed by atoms with Crippen LogP contribution >= 0.6 is 0 Å². The molecule has 1 unspecified atom stereocenters. The second kappa shape index (κ2) is 5.59. The molecule has 1 aliphatic heterocycles. The van der Waals surface area contributed by atoms with Crippen LogP contribution < -0.4 is 20.5 Å². The number of hydrogen-bond donors (Lipinski definition) is 2. The average Bonchev–Trinajstić information content (AvgIpc) is 2.87. The van der Waals surface area contributed by atoms with E-state index in [1.807, 2.05) is 12.1 Å². The van der Waals surface area contributed by atoms with Gasteiger partial charge in [-0.2, -0.15) is 0 Å². The summed E-state index contributed by atoms with van der Waals surface area (Å²) in [5.74, 6) is 1.54. The predicted octanol–water partition coefficient (Wildman–Crippen LogP) is 1.33. The van der Waals surface area contributed by atoms with Crippen molar-refractivity contribution in [1.29, 1.82) is 0 Å². The number of benzene rings is 1. The highest BCUT2D eigenvalue weighted by Crippen LogP contribution is 2.30. The van der Waals surface area contributed by atoms with Crippen molar-refractivity contribution in [3.05, 3.63) is 23.8 Å². The highest BCUT2D eigenvalue weighted by atomic mass is 16.5. The molecule has 0 aromatic heterocycles. The number of nitrogens with two attached hydrogens (primary N) is 1. The first-order valence-electron chi connectivity index (χ1n) is 6.39. The number of ether oxygens (including phenoxy) is 2. The molecule has 0 aliphatic carbocycles. The molecular formula is C14H22N2O2. The summed E-state index contributed by atoms with van der Waals surface area (Å²) in [6.45, 7) is 1.73. The van der Waals surface area contributed by atoms with Crippen molar-refractivity contribution in [3.8, 4) is 11.5 Å². The Kier molecular flexibility index (Phi) is 4.09. The van der Waals surface area contributed by atoms with Crippen molar-refractivity contribution in [2.75, 3.05) is 27.3 Å². The van der Waals surface area contributed by atoms with Gasteiger partial charge in [0.1, 0.15) is 0 Å². The number of hydrogen-bond acceptors (Lipinski definition) is 4. The second-order valence-electron chi connectivity index (χ2n) is 4.88. The fourth-order valence-electron chi connectivity index (χ4n) is 2.65. The van der Waals surface area contributed by atoms with E-state index in [0.717, 1.165) is 30.9 Å². The van der Waals surface area contributed by atoms with E-state index in [9.17, 15) is 0 Å². The number of rotatable bonds is 5. The van der Waals surface area contributed by atoms with Gasteiger partial charge in [0.25, 0.3) is 0 Å². The Morgan fingerprint density at radius 3 is 2.61 bits per heavy atom. The van der Waals surface area contributed by atoms with Gasteiger partial charge in [-0.15, -0.1) is 0 Å². The van der Waals surface area contributed by atoms with Crippen LogP contribution in [-0.2, 0) is 6.42 Å². The molecule has 0 bridgehead atoms. The molecule has 1 saturated heterocycles. The molecule has 1 atom stereocenters. The van der Waals surface area contributed by atoms with E-state index in [0.29, 0.717) is 6.54 Å². The summed E-state index contributed by atoms with van der Waals surface area (Å²) in [5, 5.41) is 3.54. The first kappa shape index (κ1) is 13.2. The lowest BCUT2D eigenvalue weighted by molar-refractivity contribution is 0.352. The largest absolute Gasteiger partial charge is 0.493 e. The Morgan fingerprint density at radius 2 is 2.06 bits per heavy atom. The van der Waals surface area contributed by atoms with E-state index < -0.39 is 0 Å². The SMILES string of the molecule is COc1ccc(CC2(CN)CCCN2)cc1OC. The van der Waals surface area contributed by atoms with Crippen molar-refractivity contribution in [2.45, 2.75) is 24.8 Å². The molecule has 0 saturated carbocycles. The maximum Gasteiger partial charge on any atom is 0.160 e. The van der Waals surface area contributed by atoms with Crippen LogP contribution in [0.2, 0.25) is 0 Å². The molecule has 18 heavy (non-hydrogen) atoms. The van der Waals surface area contributed by atoms with Gasteiger partial charge in [0, 0.05) is 12.1 Å². The normalized spacial score (nSPS) is 23.1. The summed E-state index contributed by atoms with van der Waals surface area (Å²) in [7, 11) is 3.31. The van der Waals surface area contributed by atoms with E-state index in [2.05, 4.69) is 11.4 Å². The summed E-state index contributed by atoms with van der Waals surface area (Å²) >= 11 is 0. The molecule has 1 aliphatic rings. The Morgan fingerprint density at radius 1 is 1.28 bits per heavy atom. The molecule has 1 heterocycles. The number of methoxy groups -OCH3 is 2. The van der Waals surface area contributed by atoms with Crippen molar-refractivity contribution >= 4 is 0 Å². The number of nitrogens with one attached hydrogen (secondary N) is 1. The van der Waals surface area contributed by atoms with Crippen LogP contribution in [-0.4, -0.2) is 32.8 Å². The Labute approximate surface area is 108 Å². The molecule has 0 amide bonds. The van der Waals surface area contributed by atoms with Crippen LogP contribution in [0.5, 0.6) is 11.5 Å². The summed E-state index contributed by atoms with van der Waals surface area (Å²) in [6.07, 6.45) is 3.27. The molecule has 1 fully saturated rings. The summed E-state index contributed by atoms with van der Waals surface area (Å²) in [5.41, 5.74) is 7.21. The van der Waals surface area contributed by atoms with Gasteiger partial charge in [0.05, 0.1) is 14.2 Å². The van der Waals surface area contributed by atoms with E-state index in [1.165, 1.54) is 12.0 Å². The molecule has 4 heteroatoms. The fraction of sp³-hybridized carbons (Fsp3) is 0.571. The molecule has 3 N–H and O–H groups in total. The lowest BCUT2D eigenvalue weighted by Crippen LogP contribution is -2.48.